The fraction of sp³-hybridized carbons (Fsp3) is 0.818. The zero-order valence-electron chi connectivity index (χ0n) is 8.56. The van der Waals surface area contributed by atoms with Crippen LogP contribution < -0.4 is 0 Å². The molecule has 1 rings (SSSR count). The SMILES string of the molecule is CCC(=O)CC1(C)CCCCC1=O. The minimum absolute atomic E-state index is 0.220. The zero-order valence-corrected chi connectivity index (χ0v) is 8.56. The summed E-state index contributed by atoms with van der Waals surface area (Å²) in [5.74, 6) is 0.512. The third kappa shape index (κ3) is 2.39. The van der Waals surface area contributed by atoms with E-state index in [0.717, 1.165) is 19.3 Å². The number of carbonyl (C=O) groups excluding carboxylic acids is 2. The van der Waals surface area contributed by atoms with E-state index in [1.807, 2.05) is 13.8 Å². The van der Waals surface area contributed by atoms with E-state index in [4.69, 9.17) is 0 Å². The van der Waals surface area contributed by atoms with Gasteiger partial charge in [-0.05, 0) is 12.8 Å². The van der Waals surface area contributed by atoms with Crippen molar-refractivity contribution in [1.82, 2.24) is 0 Å². The summed E-state index contributed by atoms with van der Waals surface area (Å²) in [4.78, 5) is 22.9. The summed E-state index contributed by atoms with van der Waals surface area (Å²) in [5.41, 5.74) is -0.328. The molecule has 2 heteroatoms. The lowest BCUT2D eigenvalue weighted by atomic mass is 9.71. The first-order valence-electron chi connectivity index (χ1n) is 5.13. The molecule has 0 aromatic carbocycles. The van der Waals surface area contributed by atoms with Gasteiger partial charge in [0.15, 0.2) is 0 Å². The molecule has 0 saturated heterocycles. The second-order valence-corrected chi connectivity index (χ2v) is 4.26. The summed E-state index contributed by atoms with van der Waals surface area (Å²) >= 11 is 0. The highest BCUT2D eigenvalue weighted by Crippen LogP contribution is 2.36. The summed E-state index contributed by atoms with van der Waals surface area (Å²) in [6, 6.07) is 0. The minimum atomic E-state index is -0.328. The second-order valence-electron chi connectivity index (χ2n) is 4.26. The fourth-order valence-electron chi connectivity index (χ4n) is 1.99. The zero-order chi connectivity index (χ0) is 9.90. The van der Waals surface area contributed by atoms with Crippen molar-refractivity contribution in [2.45, 2.75) is 52.4 Å². The number of hydrogen-bond donors (Lipinski definition) is 0. The molecule has 1 unspecified atom stereocenters. The molecule has 0 radical (unpaired) electrons. The predicted octanol–water partition coefficient (Wildman–Crippen LogP) is 2.51. The van der Waals surface area contributed by atoms with E-state index in [2.05, 4.69) is 0 Å². The normalized spacial score (nSPS) is 28.9. The van der Waals surface area contributed by atoms with E-state index in [-0.39, 0.29) is 11.2 Å². The summed E-state index contributed by atoms with van der Waals surface area (Å²) in [5, 5.41) is 0. The Bertz CT molecular complexity index is 220. The van der Waals surface area contributed by atoms with Crippen LogP contribution in [0.2, 0.25) is 0 Å². The highest BCUT2D eigenvalue weighted by atomic mass is 16.1. The number of Topliss-reactive ketones (excluding diaryl/α,β-unsaturated/α-hetero) is 2. The van der Waals surface area contributed by atoms with Gasteiger partial charge in [-0.1, -0.05) is 20.3 Å². The Morgan fingerprint density at radius 3 is 2.69 bits per heavy atom. The van der Waals surface area contributed by atoms with Gasteiger partial charge in [0, 0.05) is 24.7 Å². The first kappa shape index (κ1) is 10.4. The van der Waals surface area contributed by atoms with Gasteiger partial charge >= 0.3 is 0 Å². The molecule has 0 spiro atoms. The van der Waals surface area contributed by atoms with E-state index in [9.17, 15) is 9.59 Å². The average Bonchev–Trinajstić information content (AvgIpc) is 2.10. The molecule has 1 aliphatic rings. The lowest BCUT2D eigenvalue weighted by Crippen LogP contribution is -2.33. The van der Waals surface area contributed by atoms with Gasteiger partial charge in [-0.15, -0.1) is 0 Å². The number of hydrogen-bond acceptors (Lipinski definition) is 2. The van der Waals surface area contributed by atoms with Crippen LogP contribution in [0.1, 0.15) is 52.4 Å². The van der Waals surface area contributed by atoms with Crippen LogP contribution in [-0.4, -0.2) is 11.6 Å². The lowest BCUT2D eigenvalue weighted by molar-refractivity contribution is -0.135. The van der Waals surface area contributed by atoms with Crippen LogP contribution in [0.25, 0.3) is 0 Å². The Balaban J connectivity index is 2.62. The lowest BCUT2D eigenvalue weighted by Gasteiger charge is -2.31. The van der Waals surface area contributed by atoms with Gasteiger partial charge in [-0.3, -0.25) is 9.59 Å². The molecule has 13 heavy (non-hydrogen) atoms. The summed E-state index contributed by atoms with van der Waals surface area (Å²) in [6.45, 7) is 3.81. The number of rotatable bonds is 3. The fourth-order valence-corrected chi connectivity index (χ4v) is 1.99. The van der Waals surface area contributed by atoms with Crippen molar-refractivity contribution >= 4 is 11.6 Å². The van der Waals surface area contributed by atoms with Crippen LogP contribution >= 0.6 is 0 Å². The van der Waals surface area contributed by atoms with E-state index >= 15 is 0 Å². The van der Waals surface area contributed by atoms with Gasteiger partial charge in [-0.25, -0.2) is 0 Å². The molecule has 1 fully saturated rings. The van der Waals surface area contributed by atoms with Gasteiger partial charge in [0.25, 0.3) is 0 Å². The number of ketones is 2. The van der Waals surface area contributed by atoms with Crippen molar-refractivity contribution < 1.29 is 9.59 Å². The topological polar surface area (TPSA) is 34.1 Å². The standard InChI is InChI=1S/C11H18O2/c1-3-9(12)8-11(2)7-5-4-6-10(11)13/h3-8H2,1-2H3. The van der Waals surface area contributed by atoms with E-state index in [1.54, 1.807) is 0 Å². The van der Waals surface area contributed by atoms with Crippen molar-refractivity contribution in [3.05, 3.63) is 0 Å². The van der Waals surface area contributed by atoms with Crippen LogP contribution in [0, 0.1) is 5.41 Å². The summed E-state index contributed by atoms with van der Waals surface area (Å²) in [6.07, 6.45) is 4.70. The molecule has 0 N–H and O–H groups in total. The summed E-state index contributed by atoms with van der Waals surface area (Å²) < 4.78 is 0. The molecule has 0 heterocycles. The highest BCUT2D eigenvalue weighted by molar-refractivity contribution is 5.91. The van der Waals surface area contributed by atoms with Gasteiger partial charge in [0.1, 0.15) is 11.6 Å². The Morgan fingerprint density at radius 1 is 1.46 bits per heavy atom. The maximum Gasteiger partial charge on any atom is 0.139 e. The monoisotopic (exact) mass is 182 g/mol. The van der Waals surface area contributed by atoms with E-state index in [1.165, 1.54) is 0 Å². The molecule has 74 valence electrons. The Kier molecular flexibility index (Phi) is 3.23. The van der Waals surface area contributed by atoms with Crippen molar-refractivity contribution in [1.29, 1.82) is 0 Å². The molecule has 0 aromatic rings. The summed E-state index contributed by atoms with van der Waals surface area (Å²) in [7, 11) is 0. The molecule has 1 aliphatic carbocycles. The molecule has 0 bridgehead atoms. The van der Waals surface area contributed by atoms with Crippen molar-refractivity contribution in [3.63, 3.8) is 0 Å². The van der Waals surface area contributed by atoms with Crippen LogP contribution in [0.15, 0.2) is 0 Å². The maximum atomic E-state index is 11.6. The molecular formula is C11H18O2. The number of carbonyl (C=O) groups is 2. The molecule has 0 aromatic heterocycles. The first-order chi connectivity index (χ1) is 6.08. The molecule has 1 saturated carbocycles. The van der Waals surface area contributed by atoms with E-state index < -0.39 is 0 Å². The second kappa shape index (κ2) is 4.03. The van der Waals surface area contributed by atoms with Gasteiger partial charge in [0.05, 0.1) is 0 Å². The Labute approximate surface area is 79.7 Å². The largest absolute Gasteiger partial charge is 0.300 e. The van der Waals surface area contributed by atoms with E-state index in [0.29, 0.717) is 25.0 Å². The maximum absolute atomic E-state index is 11.6. The van der Waals surface area contributed by atoms with Crippen LogP contribution in [0.3, 0.4) is 0 Å². The van der Waals surface area contributed by atoms with Crippen molar-refractivity contribution in [3.8, 4) is 0 Å². The minimum Gasteiger partial charge on any atom is -0.300 e. The highest BCUT2D eigenvalue weighted by Gasteiger charge is 2.36. The third-order valence-electron chi connectivity index (χ3n) is 3.04. The smallest absolute Gasteiger partial charge is 0.139 e. The molecular weight excluding hydrogens is 164 g/mol. The quantitative estimate of drug-likeness (QED) is 0.672. The average molecular weight is 182 g/mol. The van der Waals surface area contributed by atoms with Crippen LogP contribution in [0.5, 0.6) is 0 Å². The first-order valence-corrected chi connectivity index (χ1v) is 5.13. The van der Waals surface area contributed by atoms with Gasteiger partial charge in [-0.2, -0.15) is 0 Å². The van der Waals surface area contributed by atoms with Crippen LogP contribution in [0.4, 0.5) is 0 Å². The van der Waals surface area contributed by atoms with Crippen molar-refractivity contribution in [2.75, 3.05) is 0 Å². The Morgan fingerprint density at radius 2 is 2.15 bits per heavy atom. The molecule has 0 aliphatic heterocycles. The van der Waals surface area contributed by atoms with Crippen molar-refractivity contribution in [2.24, 2.45) is 5.41 Å². The van der Waals surface area contributed by atoms with Gasteiger partial charge < -0.3 is 0 Å². The molecule has 1 atom stereocenters. The molecule has 0 amide bonds. The Hall–Kier alpha value is -0.660. The molecule has 2 nitrogen and oxygen atoms in total. The third-order valence-corrected chi connectivity index (χ3v) is 3.04. The van der Waals surface area contributed by atoms with Crippen LogP contribution in [-0.2, 0) is 9.59 Å². The predicted molar refractivity (Wildman–Crippen MR) is 51.5 cm³/mol. The van der Waals surface area contributed by atoms with Gasteiger partial charge in [0.2, 0.25) is 0 Å².